The van der Waals surface area contributed by atoms with E-state index >= 15 is 0 Å². The first-order chi connectivity index (χ1) is 16.5. The number of benzene rings is 1. The fourth-order valence-corrected chi connectivity index (χ4v) is 4.41. The maximum absolute atomic E-state index is 14.6. The quantitative estimate of drug-likeness (QED) is 0.152. The topological polar surface area (TPSA) is 61.8 Å². The van der Waals surface area contributed by atoms with Gasteiger partial charge in [-0.2, -0.15) is 0 Å². The van der Waals surface area contributed by atoms with Crippen LogP contribution in [0.1, 0.15) is 82.1 Å². The van der Waals surface area contributed by atoms with Crippen molar-refractivity contribution in [2.45, 2.75) is 76.5 Å². The van der Waals surface area contributed by atoms with Crippen LogP contribution in [-0.4, -0.2) is 31.8 Å². The largest absolute Gasteiger partial charge is 0.491 e. The summed E-state index contributed by atoms with van der Waals surface area (Å²) in [6, 6.07) is 5.39. The lowest BCUT2D eigenvalue weighted by Gasteiger charge is -2.29. The van der Waals surface area contributed by atoms with E-state index in [1.807, 2.05) is 6.07 Å². The van der Waals surface area contributed by atoms with E-state index in [1.54, 1.807) is 12.1 Å². The van der Waals surface area contributed by atoms with E-state index in [1.165, 1.54) is 25.3 Å². The van der Waals surface area contributed by atoms with Crippen molar-refractivity contribution in [2.75, 3.05) is 19.8 Å². The van der Waals surface area contributed by atoms with Crippen molar-refractivity contribution in [3.8, 4) is 5.75 Å². The monoisotopic (exact) mass is 474 g/mol. The minimum absolute atomic E-state index is 0.295. The maximum atomic E-state index is 14.6. The molecule has 34 heavy (non-hydrogen) atoms. The normalized spacial score (nSPS) is 17.6. The van der Waals surface area contributed by atoms with Gasteiger partial charge in [0.1, 0.15) is 0 Å². The molecule has 5 nitrogen and oxygen atoms in total. The van der Waals surface area contributed by atoms with Gasteiger partial charge >= 0.3 is 11.9 Å². The van der Waals surface area contributed by atoms with Crippen molar-refractivity contribution < 1.29 is 28.2 Å². The summed E-state index contributed by atoms with van der Waals surface area (Å²) in [5.74, 6) is 0.393. The van der Waals surface area contributed by atoms with E-state index in [2.05, 4.69) is 13.2 Å². The fourth-order valence-electron chi connectivity index (χ4n) is 4.41. The highest BCUT2D eigenvalue weighted by molar-refractivity contribution is 5.81. The number of halogens is 1. The van der Waals surface area contributed by atoms with Crippen molar-refractivity contribution in [3.63, 3.8) is 0 Å². The second kappa shape index (κ2) is 16.1. The Morgan fingerprint density at radius 2 is 1.44 bits per heavy atom. The molecule has 188 valence electrons. The Bertz CT molecular complexity index is 783. The van der Waals surface area contributed by atoms with Crippen LogP contribution in [-0.2, 0) is 19.1 Å². The highest BCUT2D eigenvalue weighted by Gasteiger charge is 2.23. The minimum Gasteiger partial charge on any atom is -0.491 e. The van der Waals surface area contributed by atoms with E-state index in [9.17, 15) is 14.0 Å². The van der Waals surface area contributed by atoms with E-state index in [-0.39, 0.29) is 11.8 Å². The minimum atomic E-state index is -0.410. The molecule has 0 aliphatic heterocycles. The van der Waals surface area contributed by atoms with Gasteiger partial charge in [0.2, 0.25) is 0 Å². The fraction of sp³-hybridized carbons (Fsp3) is 0.571. The number of carbonyl (C=O) groups is 2. The predicted octanol–water partition coefficient (Wildman–Crippen LogP) is 6.67. The first-order valence-corrected chi connectivity index (χ1v) is 12.5. The van der Waals surface area contributed by atoms with E-state index < -0.39 is 5.97 Å². The molecule has 0 saturated heterocycles. The molecule has 0 spiro atoms. The number of unbranched alkanes of at least 4 members (excludes halogenated alkanes) is 4. The summed E-state index contributed by atoms with van der Waals surface area (Å²) < 4.78 is 30.1. The zero-order valence-electron chi connectivity index (χ0n) is 20.3. The van der Waals surface area contributed by atoms with Crippen LogP contribution >= 0.6 is 0 Å². The van der Waals surface area contributed by atoms with Crippen LogP contribution in [0.3, 0.4) is 0 Å². The molecule has 2 rings (SSSR count). The van der Waals surface area contributed by atoms with Crippen molar-refractivity contribution in [1.82, 2.24) is 0 Å². The van der Waals surface area contributed by atoms with E-state index in [0.29, 0.717) is 31.5 Å². The van der Waals surface area contributed by atoms with Gasteiger partial charge < -0.3 is 14.2 Å². The lowest BCUT2D eigenvalue weighted by molar-refractivity contribution is -0.138. The lowest BCUT2D eigenvalue weighted by Crippen LogP contribution is -2.14. The van der Waals surface area contributed by atoms with Gasteiger partial charge in [-0.3, -0.25) is 0 Å². The third-order valence-electron chi connectivity index (χ3n) is 6.40. The Morgan fingerprint density at radius 3 is 2.03 bits per heavy atom. The summed E-state index contributed by atoms with van der Waals surface area (Å²) in [7, 11) is 0. The van der Waals surface area contributed by atoms with Gasteiger partial charge in [-0.15, -0.1) is 0 Å². The molecule has 1 saturated carbocycles. The molecule has 1 fully saturated rings. The zero-order valence-corrected chi connectivity index (χ0v) is 20.3. The number of esters is 2. The Labute approximate surface area is 203 Å². The molecule has 0 bridgehead atoms. The first-order valence-electron chi connectivity index (χ1n) is 12.5. The molecule has 6 heteroatoms. The predicted molar refractivity (Wildman–Crippen MR) is 131 cm³/mol. The standard InChI is InChI=1S/C28H39FO5/c1-3-27(30)33-19-8-5-7-11-22-12-14-23(15-13-22)24-16-17-26(25(29)21-24)32-18-9-6-10-20-34-28(31)4-2/h3-4,16-17,21-23H,1-2,5-15,18-20H2. The second-order valence-corrected chi connectivity index (χ2v) is 8.91. The summed E-state index contributed by atoms with van der Waals surface area (Å²) in [6.45, 7) is 8.01. The molecular weight excluding hydrogens is 435 g/mol. The Morgan fingerprint density at radius 1 is 0.853 bits per heavy atom. The summed E-state index contributed by atoms with van der Waals surface area (Å²) >= 11 is 0. The number of hydrogen-bond donors (Lipinski definition) is 0. The van der Waals surface area contributed by atoms with E-state index in [4.69, 9.17) is 14.2 Å². The van der Waals surface area contributed by atoms with Crippen molar-refractivity contribution in [1.29, 1.82) is 0 Å². The average molecular weight is 475 g/mol. The average Bonchev–Trinajstić information content (AvgIpc) is 2.86. The summed E-state index contributed by atoms with van der Waals surface area (Å²) in [4.78, 5) is 22.0. The maximum Gasteiger partial charge on any atom is 0.330 e. The van der Waals surface area contributed by atoms with Crippen LogP contribution in [0.25, 0.3) is 0 Å². The van der Waals surface area contributed by atoms with Crippen LogP contribution in [0.2, 0.25) is 0 Å². The molecule has 0 amide bonds. The molecule has 1 aliphatic carbocycles. The molecule has 1 aliphatic rings. The Hall–Kier alpha value is -2.63. The molecule has 0 N–H and O–H groups in total. The van der Waals surface area contributed by atoms with Crippen molar-refractivity contribution in [3.05, 3.63) is 54.9 Å². The van der Waals surface area contributed by atoms with Gasteiger partial charge in [-0.1, -0.05) is 38.5 Å². The lowest BCUT2D eigenvalue weighted by atomic mass is 9.77. The van der Waals surface area contributed by atoms with Crippen LogP contribution in [0.15, 0.2) is 43.5 Å². The van der Waals surface area contributed by atoms with Crippen LogP contribution < -0.4 is 4.74 Å². The second-order valence-electron chi connectivity index (χ2n) is 8.91. The molecule has 0 unspecified atom stereocenters. The molecule has 0 radical (unpaired) electrons. The van der Waals surface area contributed by atoms with E-state index in [0.717, 1.165) is 68.9 Å². The van der Waals surface area contributed by atoms with Gasteiger partial charge in [0.05, 0.1) is 19.8 Å². The molecular formula is C28H39FO5. The van der Waals surface area contributed by atoms with Gasteiger partial charge in [0.15, 0.2) is 11.6 Å². The van der Waals surface area contributed by atoms with Crippen LogP contribution in [0.5, 0.6) is 5.75 Å². The molecule has 0 heterocycles. The third-order valence-corrected chi connectivity index (χ3v) is 6.40. The summed E-state index contributed by atoms with van der Waals surface area (Å²) in [5.41, 5.74) is 1.07. The van der Waals surface area contributed by atoms with Crippen molar-refractivity contribution in [2.24, 2.45) is 5.92 Å². The van der Waals surface area contributed by atoms with Gasteiger partial charge in [0.25, 0.3) is 0 Å². The highest BCUT2D eigenvalue weighted by atomic mass is 19.1. The number of ether oxygens (including phenoxy) is 3. The molecule has 1 aromatic rings. The summed E-state index contributed by atoms with van der Waals surface area (Å²) in [6.07, 6.45) is 13.6. The Balaban J connectivity index is 1.60. The zero-order chi connectivity index (χ0) is 24.6. The SMILES string of the molecule is C=CC(=O)OCCCCCOc1ccc(C2CCC(CCCCCOC(=O)C=C)CC2)cc1F. The number of carbonyl (C=O) groups excluding carboxylic acids is 2. The molecule has 0 aromatic heterocycles. The van der Waals surface area contributed by atoms with Crippen molar-refractivity contribution >= 4 is 11.9 Å². The van der Waals surface area contributed by atoms with Gasteiger partial charge in [-0.05, 0) is 80.9 Å². The highest BCUT2D eigenvalue weighted by Crippen LogP contribution is 2.38. The molecule has 1 aromatic carbocycles. The van der Waals surface area contributed by atoms with Gasteiger partial charge in [0, 0.05) is 12.2 Å². The van der Waals surface area contributed by atoms with Gasteiger partial charge in [-0.25, -0.2) is 14.0 Å². The Kier molecular flexibility index (Phi) is 13.1. The first kappa shape index (κ1) is 27.6. The number of hydrogen-bond acceptors (Lipinski definition) is 5. The smallest absolute Gasteiger partial charge is 0.330 e. The summed E-state index contributed by atoms with van der Waals surface area (Å²) in [5, 5.41) is 0. The number of rotatable bonds is 16. The van der Waals surface area contributed by atoms with Crippen LogP contribution in [0.4, 0.5) is 4.39 Å². The third kappa shape index (κ3) is 10.5. The molecule has 0 atom stereocenters. The van der Waals surface area contributed by atoms with Crippen LogP contribution in [0, 0.1) is 11.7 Å².